The number of nitro benzene ring substituents is 1. The van der Waals surface area contributed by atoms with Crippen LogP contribution in [0.4, 0.5) is 5.69 Å². The third kappa shape index (κ3) is 3.94. The van der Waals surface area contributed by atoms with Crippen LogP contribution in [0.1, 0.15) is 16.2 Å². The third-order valence-corrected chi connectivity index (χ3v) is 3.24. The number of carbonyl (C=O) groups excluding carboxylic acids is 1. The summed E-state index contributed by atoms with van der Waals surface area (Å²) in [6.07, 6.45) is 2.87. The number of nitro groups is 1. The molecule has 3 rings (SSSR count). The van der Waals surface area contributed by atoms with E-state index in [-0.39, 0.29) is 11.4 Å². The number of non-ortho nitro benzene ring substituents is 1. The number of nitrogens with one attached hydrogen (secondary N) is 1. The molecule has 124 valence electrons. The number of furan rings is 1. The third-order valence-electron chi connectivity index (χ3n) is 3.24. The highest BCUT2D eigenvalue weighted by atomic mass is 16.6. The SMILES string of the molecule is O=C(N/N=C/c1ccc(-c2ccc([N+](=O)[O-])cc2)o1)c1ccccn1. The molecule has 0 aliphatic rings. The molecule has 8 nitrogen and oxygen atoms in total. The van der Waals surface area contributed by atoms with E-state index in [2.05, 4.69) is 15.5 Å². The Balaban J connectivity index is 1.65. The molecule has 2 aromatic heterocycles. The van der Waals surface area contributed by atoms with Crippen molar-refractivity contribution in [2.45, 2.75) is 0 Å². The molecule has 0 saturated heterocycles. The minimum atomic E-state index is -0.464. The van der Waals surface area contributed by atoms with Crippen LogP contribution >= 0.6 is 0 Å². The minimum Gasteiger partial charge on any atom is -0.455 e. The van der Waals surface area contributed by atoms with Crippen molar-refractivity contribution < 1.29 is 14.1 Å². The lowest BCUT2D eigenvalue weighted by Gasteiger charge is -1.97. The Hall–Kier alpha value is -3.81. The Labute approximate surface area is 142 Å². The summed E-state index contributed by atoms with van der Waals surface area (Å²) in [7, 11) is 0. The average Bonchev–Trinajstić information content (AvgIpc) is 3.11. The Morgan fingerprint density at radius 1 is 1.16 bits per heavy atom. The molecule has 0 atom stereocenters. The molecular weight excluding hydrogens is 324 g/mol. The summed E-state index contributed by atoms with van der Waals surface area (Å²) in [5.74, 6) is 0.529. The Bertz CT molecular complexity index is 917. The molecule has 1 N–H and O–H groups in total. The number of pyridine rings is 1. The summed E-state index contributed by atoms with van der Waals surface area (Å²) in [5, 5.41) is 14.5. The van der Waals surface area contributed by atoms with Crippen molar-refractivity contribution in [1.82, 2.24) is 10.4 Å². The number of aromatic nitrogens is 1. The Kier molecular flexibility index (Phi) is 4.61. The minimum absolute atomic E-state index is 0.00864. The molecule has 25 heavy (non-hydrogen) atoms. The summed E-state index contributed by atoms with van der Waals surface area (Å²) < 4.78 is 5.57. The van der Waals surface area contributed by atoms with E-state index < -0.39 is 10.8 Å². The number of nitrogens with zero attached hydrogens (tertiary/aromatic N) is 3. The molecule has 1 amide bonds. The zero-order chi connectivity index (χ0) is 17.6. The molecule has 0 unspecified atom stereocenters. The van der Waals surface area contributed by atoms with E-state index in [9.17, 15) is 14.9 Å². The number of hydrogen-bond donors (Lipinski definition) is 1. The van der Waals surface area contributed by atoms with Crippen LogP contribution in [0.2, 0.25) is 0 Å². The van der Waals surface area contributed by atoms with E-state index in [0.29, 0.717) is 17.1 Å². The van der Waals surface area contributed by atoms with Gasteiger partial charge in [0, 0.05) is 23.9 Å². The summed E-state index contributed by atoms with van der Waals surface area (Å²) in [4.78, 5) is 25.9. The molecule has 8 heteroatoms. The van der Waals surface area contributed by atoms with E-state index in [1.807, 2.05) is 0 Å². The van der Waals surface area contributed by atoms with Gasteiger partial charge in [-0.25, -0.2) is 5.43 Å². The van der Waals surface area contributed by atoms with Gasteiger partial charge in [0.1, 0.15) is 17.2 Å². The molecule has 0 aliphatic heterocycles. The highest BCUT2D eigenvalue weighted by molar-refractivity contribution is 5.92. The van der Waals surface area contributed by atoms with Crippen molar-refractivity contribution in [2.24, 2.45) is 5.10 Å². The summed E-state index contributed by atoms with van der Waals surface area (Å²) in [5.41, 5.74) is 3.31. The summed E-state index contributed by atoms with van der Waals surface area (Å²) in [6, 6.07) is 14.4. The maximum atomic E-state index is 11.8. The van der Waals surface area contributed by atoms with Gasteiger partial charge in [-0.1, -0.05) is 6.07 Å². The molecule has 0 fully saturated rings. The molecular formula is C17H12N4O4. The van der Waals surface area contributed by atoms with E-state index in [1.54, 1.807) is 42.5 Å². The number of rotatable bonds is 5. The monoisotopic (exact) mass is 336 g/mol. The van der Waals surface area contributed by atoms with Crippen molar-refractivity contribution in [2.75, 3.05) is 0 Å². The van der Waals surface area contributed by atoms with Crippen LogP contribution in [0.3, 0.4) is 0 Å². The zero-order valence-electron chi connectivity index (χ0n) is 12.8. The van der Waals surface area contributed by atoms with Crippen LogP contribution in [-0.4, -0.2) is 22.0 Å². The normalized spacial score (nSPS) is 10.7. The quantitative estimate of drug-likeness (QED) is 0.437. The fraction of sp³-hybridized carbons (Fsp3) is 0. The Morgan fingerprint density at radius 2 is 1.96 bits per heavy atom. The van der Waals surface area contributed by atoms with Gasteiger partial charge in [0.2, 0.25) is 0 Å². The predicted molar refractivity (Wildman–Crippen MR) is 90.1 cm³/mol. The van der Waals surface area contributed by atoms with Crippen molar-refractivity contribution in [1.29, 1.82) is 0 Å². The van der Waals surface area contributed by atoms with Gasteiger partial charge in [-0.15, -0.1) is 0 Å². The van der Waals surface area contributed by atoms with Gasteiger partial charge < -0.3 is 4.42 Å². The molecule has 0 bridgehead atoms. The molecule has 0 radical (unpaired) electrons. The lowest BCUT2D eigenvalue weighted by Crippen LogP contribution is -2.18. The molecule has 0 spiro atoms. The first-order valence-electron chi connectivity index (χ1n) is 7.22. The van der Waals surface area contributed by atoms with Crippen LogP contribution < -0.4 is 5.43 Å². The van der Waals surface area contributed by atoms with Gasteiger partial charge in [0.15, 0.2) is 0 Å². The number of benzene rings is 1. The first kappa shape index (κ1) is 16.1. The largest absolute Gasteiger partial charge is 0.455 e. The van der Waals surface area contributed by atoms with Crippen molar-refractivity contribution in [3.05, 3.63) is 82.4 Å². The Morgan fingerprint density at radius 3 is 2.64 bits per heavy atom. The van der Waals surface area contributed by atoms with Gasteiger partial charge in [-0.2, -0.15) is 5.10 Å². The standard InChI is InChI=1S/C17H12N4O4/c22-17(15-3-1-2-10-18-15)20-19-11-14-8-9-16(25-14)12-4-6-13(7-5-12)21(23)24/h1-11H,(H,20,22)/b19-11+. The number of hydrogen-bond acceptors (Lipinski definition) is 6. The fourth-order valence-corrected chi connectivity index (χ4v) is 2.03. The van der Waals surface area contributed by atoms with E-state index in [4.69, 9.17) is 4.42 Å². The van der Waals surface area contributed by atoms with Crippen LogP contribution in [0, 0.1) is 10.1 Å². The fourth-order valence-electron chi connectivity index (χ4n) is 2.03. The van der Waals surface area contributed by atoms with Crippen LogP contribution in [0.15, 0.2) is 70.3 Å². The van der Waals surface area contributed by atoms with E-state index >= 15 is 0 Å². The lowest BCUT2D eigenvalue weighted by atomic mass is 10.1. The van der Waals surface area contributed by atoms with Gasteiger partial charge in [-0.3, -0.25) is 19.9 Å². The first-order valence-corrected chi connectivity index (χ1v) is 7.22. The van der Waals surface area contributed by atoms with E-state index in [0.717, 1.165) is 0 Å². The molecule has 1 aromatic carbocycles. The predicted octanol–water partition coefficient (Wildman–Crippen LogP) is 3.01. The van der Waals surface area contributed by atoms with Crippen LogP contribution in [0.5, 0.6) is 0 Å². The first-order chi connectivity index (χ1) is 12.1. The van der Waals surface area contributed by atoms with Gasteiger partial charge in [0.25, 0.3) is 11.6 Å². The lowest BCUT2D eigenvalue weighted by molar-refractivity contribution is -0.384. The molecule has 0 aliphatic carbocycles. The zero-order valence-corrected chi connectivity index (χ0v) is 12.8. The summed E-state index contributed by atoms with van der Waals surface area (Å²) in [6.45, 7) is 0. The second kappa shape index (κ2) is 7.18. The number of amides is 1. The molecule has 2 heterocycles. The van der Waals surface area contributed by atoms with Crippen molar-refractivity contribution in [3.63, 3.8) is 0 Å². The molecule has 3 aromatic rings. The maximum absolute atomic E-state index is 11.8. The highest BCUT2D eigenvalue weighted by Gasteiger charge is 2.08. The highest BCUT2D eigenvalue weighted by Crippen LogP contribution is 2.23. The maximum Gasteiger partial charge on any atom is 0.289 e. The van der Waals surface area contributed by atoms with Gasteiger partial charge in [0.05, 0.1) is 11.1 Å². The summed E-state index contributed by atoms with van der Waals surface area (Å²) >= 11 is 0. The second-order valence-electron chi connectivity index (χ2n) is 4.92. The molecule has 0 saturated carbocycles. The number of carbonyl (C=O) groups is 1. The smallest absolute Gasteiger partial charge is 0.289 e. The topological polar surface area (TPSA) is 111 Å². The van der Waals surface area contributed by atoms with Crippen LogP contribution in [0.25, 0.3) is 11.3 Å². The van der Waals surface area contributed by atoms with E-state index in [1.165, 1.54) is 24.5 Å². The number of hydrazone groups is 1. The van der Waals surface area contributed by atoms with Crippen molar-refractivity contribution >= 4 is 17.8 Å². The average molecular weight is 336 g/mol. The second-order valence-corrected chi connectivity index (χ2v) is 4.92. The van der Waals surface area contributed by atoms with Gasteiger partial charge >= 0.3 is 0 Å². The van der Waals surface area contributed by atoms with Crippen LogP contribution in [-0.2, 0) is 0 Å². The van der Waals surface area contributed by atoms with Crippen molar-refractivity contribution in [3.8, 4) is 11.3 Å². The van der Waals surface area contributed by atoms with Gasteiger partial charge in [-0.05, 0) is 36.4 Å².